The van der Waals surface area contributed by atoms with Crippen molar-refractivity contribution in [2.24, 2.45) is 0 Å². The molecule has 0 aliphatic carbocycles. The quantitative estimate of drug-likeness (QED) is 0.549. The van der Waals surface area contributed by atoms with Crippen molar-refractivity contribution in [3.8, 4) is 0 Å². The van der Waals surface area contributed by atoms with Crippen molar-refractivity contribution in [3.05, 3.63) is 33.4 Å². The smallest absolute Gasteiger partial charge is 0.0700 e. The molecule has 0 atom stereocenters. The lowest BCUT2D eigenvalue weighted by Crippen LogP contribution is -2.16. The summed E-state index contributed by atoms with van der Waals surface area (Å²) in [6.45, 7) is 4.07. The number of ether oxygens (including phenoxy) is 2. The molecule has 0 amide bonds. The maximum absolute atomic E-state index is 5.38. The van der Waals surface area contributed by atoms with E-state index in [0.29, 0.717) is 13.2 Å². The van der Waals surface area contributed by atoms with Crippen LogP contribution in [-0.2, 0) is 16.0 Å². The molecule has 1 N–H and O–H groups in total. The average Bonchev–Trinajstić information content (AvgIpc) is 2.35. The van der Waals surface area contributed by atoms with E-state index in [1.807, 2.05) is 0 Å². The standard InChI is InChI=1S/C13H20INO2/c1-16-9-10-17-8-2-7-15-11-12-3-5-13(14)6-4-12/h3-6,15H,2,7-11H2,1H3. The van der Waals surface area contributed by atoms with Crippen molar-refractivity contribution in [3.63, 3.8) is 0 Å². The number of nitrogens with one attached hydrogen (secondary N) is 1. The number of benzene rings is 1. The first-order chi connectivity index (χ1) is 8.33. The van der Waals surface area contributed by atoms with Crippen LogP contribution in [0.1, 0.15) is 12.0 Å². The maximum Gasteiger partial charge on any atom is 0.0700 e. The molecule has 0 fully saturated rings. The second-order valence-corrected chi connectivity index (χ2v) is 5.01. The third-order valence-corrected chi connectivity index (χ3v) is 3.04. The van der Waals surface area contributed by atoms with Gasteiger partial charge in [0.05, 0.1) is 13.2 Å². The molecular formula is C13H20INO2. The van der Waals surface area contributed by atoms with Crippen LogP contribution < -0.4 is 5.32 Å². The third kappa shape index (κ3) is 7.70. The first-order valence-corrected chi connectivity index (χ1v) is 6.92. The zero-order valence-electron chi connectivity index (χ0n) is 10.2. The van der Waals surface area contributed by atoms with Gasteiger partial charge in [-0.15, -0.1) is 0 Å². The first-order valence-electron chi connectivity index (χ1n) is 5.85. The molecule has 3 nitrogen and oxygen atoms in total. The Kier molecular flexibility index (Phi) is 8.60. The molecule has 0 saturated carbocycles. The van der Waals surface area contributed by atoms with Crippen LogP contribution >= 0.6 is 22.6 Å². The Bertz CT molecular complexity index is 290. The lowest BCUT2D eigenvalue weighted by molar-refractivity contribution is 0.0695. The Morgan fingerprint density at radius 2 is 1.88 bits per heavy atom. The van der Waals surface area contributed by atoms with Crippen LogP contribution in [0, 0.1) is 3.57 Å². The van der Waals surface area contributed by atoms with E-state index >= 15 is 0 Å². The molecule has 96 valence electrons. The number of hydrogen-bond acceptors (Lipinski definition) is 3. The van der Waals surface area contributed by atoms with Gasteiger partial charge in [0.25, 0.3) is 0 Å². The molecule has 0 saturated heterocycles. The maximum atomic E-state index is 5.38. The minimum absolute atomic E-state index is 0.677. The molecule has 1 rings (SSSR count). The summed E-state index contributed by atoms with van der Waals surface area (Å²) in [5.41, 5.74) is 1.32. The third-order valence-electron chi connectivity index (χ3n) is 2.32. The molecular weight excluding hydrogens is 329 g/mol. The van der Waals surface area contributed by atoms with E-state index in [0.717, 1.165) is 26.1 Å². The normalized spacial score (nSPS) is 10.7. The van der Waals surface area contributed by atoms with Crippen molar-refractivity contribution >= 4 is 22.6 Å². The van der Waals surface area contributed by atoms with Crippen molar-refractivity contribution in [2.75, 3.05) is 33.5 Å². The predicted octanol–water partition coefficient (Wildman–Crippen LogP) is 2.43. The molecule has 0 unspecified atom stereocenters. The summed E-state index contributed by atoms with van der Waals surface area (Å²) in [5, 5.41) is 3.40. The van der Waals surface area contributed by atoms with Gasteiger partial charge in [0, 0.05) is 23.8 Å². The Labute approximate surface area is 117 Å². The van der Waals surface area contributed by atoms with Gasteiger partial charge in [0.15, 0.2) is 0 Å². The van der Waals surface area contributed by atoms with E-state index in [2.05, 4.69) is 52.2 Å². The Morgan fingerprint density at radius 1 is 1.12 bits per heavy atom. The highest BCUT2D eigenvalue weighted by Gasteiger charge is 1.93. The van der Waals surface area contributed by atoms with Gasteiger partial charge in [0.2, 0.25) is 0 Å². The second-order valence-electron chi connectivity index (χ2n) is 3.76. The van der Waals surface area contributed by atoms with Gasteiger partial charge in [-0.2, -0.15) is 0 Å². The average molecular weight is 349 g/mol. The molecule has 4 heteroatoms. The summed E-state index contributed by atoms with van der Waals surface area (Å²) in [5.74, 6) is 0. The number of rotatable bonds is 9. The molecule has 0 spiro atoms. The van der Waals surface area contributed by atoms with Crippen LogP contribution in [0.5, 0.6) is 0 Å². The van der Waals surface area contributed by atoms with Gasteiger partial charge >= 0.3 is 0 Å². The number of halogens is 1. The highest BCUT2D eigenvalue weighted by Crippen LogP contribution is 2.06. The van der Waals surface area contributed by atoms with Crippen LogP contribution in [0.2, 0.25) is 0 Å². The molecule has 0 bridgehead atoms. The summed E-state index contributed by atoms with van der Waals surface area (Å²) in [4.78, 5) is 0. The first kappa shape index (κ1) is 14.9. The minimum atomic E-state index is 0.677. The molecule has 0 heterocycles. The Balaban J connectivity index is 1.95. The summed E-state index contributed by atoms with van der Waals surface area (Å²) >= 11 is 2.32. The van der Waals surface area contributed by atoms with Gasteiger partial charge < -0.3 is 14.8 Å². The minimum Gasteiger partial charge on any atom is -0.382 e. The summed E-state index contributed by atoms with van der Waals surface area (Å²) in [7, 11) is 1.69. The molecule has 0 aromatic heterocycles. The molecule has 0 aliphatic rings. The highest BCUT2D eigenvalue weighted by molar-refractivity contribution is 14.1. The lowest BCUT2D eigenvalue weighted by atomic mass is 10.2. The van der Waals surface area contributed by atoms with E-state index < -0.39 is 0 Å². The van der Waals surface area contributed by atoms with Gasteiger partial charge in [-0.05, 0) is 53.3 Å². The van der Waals surface area contributed by atoms with Gasteiger partial charge in [-0.25, -0.2) is 0 Å². The van der Waals surface area contributed by atoms with Crippen LogP contribution in [0.3, 0.4) is 0 Å². The van der Waals surface area contributed by atoms with Crippen molar-refractivity contribution < 1.29 is 9.47 Å². The molecule has 1 aromatic rings. The van der Waals surface area contributed by atoms with E-state index in [4.69, 9.17) is 9.47 Å². The van der Waals surface area contributed by atoms with Crippen LogP contribution in [0.4, 0.5) is 0 Å². The van der Waals surface area contributed by atoms with E-state index in [1.54, 1.807) is 7.11 Å². The predicted molar refractivity (Wildman–Crippen MR) is 78.2 cm³/mol. The van der Waals surface area contributed by atoms with Crippen molar-refractivity contribution in [1.82, 2.24) is 5.32 Å². The van der Waals surface area contributed by atoms with Crippen LogP contribution in [0.15, 0.2) is 24.3 Å². The lowest BCUT2D eigenvalue weighted by Gasteiger charge is -2.06. The monoisotopic (exact) mass is 349 g/mol. The van der Waals surface area contributed by atoms with Gasteiger partial charge in [-0.3, -0.25) is 0 Å². The summed E-state index contributed by atoms with van der Waals surface area (Å²) < 4.78 is 11.5. The molecule has 0 aliphatic heterocycles. The van der Waals surface area contributed by atoms with E-state index in [-0.39, 0.29) is 0 Å². The fourth-order valence-electron chi connectivity index (χ4n) is 1.38. The van der Waals surface area contributed by atoms with Gasteiger partial charge in [0.1, 0.15) is 0 Å². The fourth-order valence-corrected chi connectivity index (χ4v) is 1.74. The Morgan fingerprint density at radius 3 is 2.59 bits per heavy atom. The summed E-state index contributed by atoms with van der Waals surface area (Å²) in [6.07, 6.45) is 1.04. The zero-order chi connectivity index (χ0) is 12.3. The summed E-state index contributed by atoms with van der Waals surface area (Å²) in [6, 6.07) is 8.57. The molecule has 0 radical (unpaired) electrons. The largest absolute Gasteiger partial charge is 0.382 e. The Hall–Kier alpha value is -0.170. The van der Waals surface area contributed by atoms with Crippen LogP contribution in [-0.4, -0.2) is 33.5 Å². The molecule has 1 aromatic carbocycles. The SMILES string of the molecule is COCCOCCCNCc1ccc(I)cc1. The number of hydrogen-bond donors (Lipinski definition) is 1. The fraction of sp³-hybridized carbons (Fsp3) is 0.538. The highest BCUT2D eigenvalue weighted by atomic mass is 127. The van der Waals surface area contributed by atoms with E-state index in [1.165, 1.54) is 9.13 Å². The second kappa shape index (κ2) is 9.82. The number of methoxy groups -OCH3 is 1. The zero-order valence-corrected chi connectivity index (χ0v) is 12.4. The molecule has 17 heavy (non-hydrogen) atoms. The topological polar surface area (TPSA) is 30.5 Å². The van der Waals surface area contributed by atoms with Crippen LogP contribution in [0.25, 0.3) is 0 Å². The van der Waals surface area contributed by atoms with Gasteiger partial charge in [-0.1, -0.05) is 12.1 Å². The van der Waals surface area contributed by atoms with Crippen molar-refractivity contribution in [1.29, 1.82) is 0 Å². The van der Waals surface area contributed by atoms with E-state index in [9.17, 15) is 0 Å². The van der Waals surface area contributed by atoms with Crippen molar-refractivity contribution in [2.45, 2.75) is 13.0 Å².